The van der Waals surface area contributed by atoms with E-state index in [1.54, 1.807) is 52.0 Å². The van der Waals surface area contributed by atoms with Crippen LogP contribution in [0.3, 0.4) is 0 Å². The molecule has 9 nitrogen and oxygen atoms in total. The maximum Gasteiger partial charge on any atom is 0.290 e. The number of hydrazine groups is 1. The second-order valence-corrected chi connectivity index (χ2v) is 8.63. The predicted molar refractivity (Wildman–Crippen MR) is 129 cm³/mol. The van der Waals surface area contributed by atoms with Crippen molar-refractivity contribution in [3.8, 4) is 0 Å². The van der Waals surface area contributed by atoms with E-state index in [0.717, 1.165) is 5.56 Å². The first kappa shape index (κ1) is 24.6. The third-order valence-electron chi connectivity index (χ3n) is 5.30. The van der Waals surface area contributed by atoms with E-state index in [-0.39, 0.29) is 35.5 Å². The van der Waals surface area contributed by atoms with E-state index in [0.29, 0.717) is 10.8 Å². The summed E-state index contributed by atoms with van der Waals surface area (Å²) in [5.74, 6) is -1.76. The Morgan fingerprint density at radius 2 is 1.50 bits per heavy atom. The van der Waals surface area contributed by atoms with Gasteiger partial charge in [-0.2, -0.15) is 5.10 Å². The van der Waals surface area contributed by atoms with Crippen molar-refractivity contribution < 1.29 is 14.4 Å². The Balaban J connectivity index is 1.73. The van der Waals surface area contributed by atoms with Crippen molar-refractivity contribution >= 4 is 28.5 Å². The molecule has 0 saturated carbocycles. The van der Waals surface area contributed by atoms with E-state index in [1.165, 1.54) is 4.68 Å². The van der Waals surface area contributed by atoms with Gasteiger partial charge in [-0.25, -0.2) is 4.68 Å². The van der Waals surface area contributed by atoms with E-state index in [1.807, 2.05) is 30.3 Å². The lowest BCUT2D eigenvalue weighted by Crippen LogP contribution is -2.54. The first-order valence-corrected chi connectivity index (χ1v) is 11.1. The highest BCUT2D eigenvalue weighted by molar-refractivity contribution is 6.05. The lowest BCUT2D eigenvalue weighted by molar-refractivity contribution is -0.130. The van der Waals surface area contributed by atoms with Crippen LogP contribution in [0.5, 0.6) is 0 Å². The van der Waals surface area contributed by atoms with Crippen molar-refractivity contribution in [1.82, 2.24) is 25.9 Å². The summed E-state index contributed by atoms with van der Waals surface area (Å²) < 4.78 is 1.24. The average Bonchev–Trinajstić information content (AvgIpc) is 2.81. The summed E-state index contributed by atoms with van der Waals surface area (Å²) in [6, 6.07) is 14.8. The summed E-state index contributed by atoms with van der Waals surface area (Å²) in [6.45, 7) is 7.17. The number of aromatic nitrogens is 2. The van der Waals surface area contributed by atoms with Gasteiger partial charge in [0, 0.05) is 5.39 Å². The molecule has 34 heavy (non-hydrogen) atoms. The van der Waals surface area contributed by atoms with Gasteiger partial charge in [-0.15, -0.1) is 0 Å². The zero-order valence-corrected chi connectivity index (χ0v) is 19.7. The topological polar surface area (TPSA) is 122 Å². The Morgan fingerprint density at radius 3 is 2.12 bits per heavy atom. The molecule has 0 radical (unpaired) electrons. The van der Waals surface area contributed by atoms with E-state index >= 15 is 0 Å². The summed E-state index contributed by atoms with van der Waals surface area (Å²) in [5.41, 5.74) is 5.29. The molecule has 0 aliphatic heterocycles. The van der Waals surface area contributed by atoms with Gasteiger partial charge in [-0.3, -0.25) is 30.0 Å². The van der Waals surface area contributed by atoms with Gasteiger partial charge in [0.1, 0.15) is 6.04 Å². The van der Waals surface area contributed by atoms with Crippen LogP contribution in [0.2, 0.25) is 0 Å². The van der Waals surface area contributed by atoms with Crippen molar-refractivity contribution in [2.75, 3.05) is 0 Å². The molecule has 0 saturated heterocycles. The minimum Gasteiger partial charge on any atom is -0.344 e. The Labute approximate surface area is 197 Å². The zero-order valence-electron chi connectivity index (χ0n) is 19.7. The highest BCUT2D eigenvalue weighted by Crippen LogP contribution is 2.14. The van der Waals surface area contributed by atoms with Crippen LogP contribution in [0.15, 0.2) is 59.4 Å². The molecule has 3 aromatic rings. The molecule has 0 aliphatic rings. The third kappa shape index (κ3) is 5.67. The van der Waals surface area contributed by atoms with Gasteiger partial charge in [0.05, 0.1) is 17.8 Å². The van der Waals surface area contributed by atoms with E-state index < -0.39 is 17.9 Å². The van der Waals surface area contributed by atoms with Crippen LogP contribution in [-0.4, -0.2) is 33.5 Å². The molecule has 1 heterocycles. The standard InChI is InChI=1S/C25H29N5O4/c1-15(2)21(26-20(31)14-17-10-6-5-7-11-17)23(32)27-28-24(33)22-18-12-8-9-13-19(18)25(34)30(29-22)16(3)4/h5-13,15-16,21H,14H2,1-4H3,(H,26,31)(H,27,32)(H,28,33)/t21-/m0/s1. The van der Waals surface area contributed by atoms with Gasteiger partial charge >= 0.3 is 0 Å². The number of nitrogens with one attached hydrogen (secondary N) is 3. The summed E-state index contributed by atoms with van der Waals surface area (Å²) in [6.07, 6.45) is 0.135. The fourth-order valence-electron chi connectivity index (χ4n) is 3.52. The van der Waals surface area contributed by atoms with Crippen LogP contribution in [0.1, 0.15) is 49.8 Å². The summed E-state index contributed by atoms with van der Waals surface area (Å²) in [7, 11) is 0. The number of hydrogen-bond donors (Lipinski definition) is 3. The van der Waals surface area contributed by atoms with E-state index in [4.69, 9.17) is 0 Å². The number of carbonyl (C=O) groups is 3. The van der Waals surface area contributed by atoms with Crippen molar-refractivity contribution in [2.45, 2.75) is 46.2 Å². The number of carbonyl (C=O) groups excluding carboxylic acids is 3. The molecule has 0 fully saturated rings. The van der Waals surface area contributed by atoms with Crippen molar-refractivity contribution in [2.24, 2.45) is 5.92 Å². The average molecular weight is 464 g/mol. The van der Waals surface area contributed by atoms with E-state index in [2.05, 4.69) is 21.3 Å². The quantitative estimate of drug-likeness (QED) is 0.463. The number of amides is 3. The second-order valence-electron chi connectivity index (χ2n) is 8.63. The number of fused-ring (bicyclic) bond motifs is 1. The molecule has 0 spiro atoms. The summed E-state index contributed by atoms with van der Waals surface area (Å²) >= 11 is 0. The maximum atomic E-state index is 12.9. The Bertz CT molecular complexity index is 1250. The van der Waals surface area contributed by atoms with E-state index in [9.17, 15) is 19.2 Å². The highest BCUT2D eigenvalue weighted by Gasteiger charge is 2.25. The number of rotatable bonds is 7. The van der Waals surface area contributed by atoms with Gasteiger partial charge in [0.15, 0.2) is 5.69 Å². The van der Waals surface area contributed by atoms with Crippen molar-refractivity contribution in [1.29, 1.82) is 0 Å². The fourth-order valence-corrected chi connectivity index (χ4v) is 3.52. The molecule has 3 rings (SSSR count). The summed E-state index contributed by atoms with van der Waals surface area (Å²) in [5, 5.41) is 7.69. The molecular formula is C25H29N5O4. The first-order valence-electron chi connectivity index (χ1n) is 11.1. The molecule has 0 bridgehead atoms. The molecule has 9 heteroatoms. The predicted octanol–water partition coefficient (Wildman–Crippen LogP) is 2.12. The molecule has 0 unspecified atom stereocenters. The van der Waals surface area contributed by atoms with Gasteiger partial charge in [0.2, 0.25) is 5.91 Å². The zero-order chi connectivity index (χ0) is 24.8. The molecule has 3 amide bonds. The minimum absolute atomic E-state index is 0.0124. The SMILES string of the molecule is CC(C)[C@H](NC(=O)Cc1ccccc1)C(=O)NNC(=O)c1nn(C(C)C)c(=O)c2ccccc12. The number of nitrogens with zero attached hydrogens (tertiary/aromatic N) is 2. The lowest BCUT2D eigenvalue weighted by Gasteiger charge is -2.22. The summed E-state index contributed by atoms with van der Waals surface area (Å²) in [4.78, 5) is 50.8. The van der Waals surface area contributed by atoms with Gasteiger partial charge in [-0.05, 0) is 31.4 Å². The van der Waals surface area contributed by atoms with Crippen LogP contribution < -0.4 is 21.7 Å². The normalized spacial score (nSPS) is 11.9. The molecule has 1 atom stereocenters. The van der Waals surface area contributed by atoms with Gasteiger partial charge in [-0.1, -0.05) is 62.4 Å². The third-order valence-corrected chi connectivity index (χ3v) is 5.30. The number of hydrogen-bond acceptors (Lipinski definition) is 5. The first-order chi connectivity index (χ1) is 16.2. The van der Waals surface area contributed by atoms with Gasteiger partial charge in [0.25, 0.3) is 17.4 Å². The minimum atomic E-state index is -0.856. The Morgan fingerprint density at radius 1 is 0.882 bits per heavy atom. The van der Waals surface area contributed by atoms with Crippen LogP contribution in [0, 0.1) is 5.92 Å². The largest absolute Gasteiger partial charge is 0.344 e. The van der Waals surface area contributed by atoms with Gasteiger partial charge < -0.3 is 5.32 Å². The van der Waals surface area contributed by atoms with Crippen molar-refractivity contribution in [3.05, 3.63) is 76.2 Å². The lowest BCUT2D eigenvalue weighted by atomic mass is 10.0. The molecule has 0 aliphatic carbocycles. The Kier molecular flexibility index (Phi) is 7.78. The second kappa shape index (κ2) is 10.7. The molecule has 3 N–H and O–H groups in total. The molecule has 2 aromatic carbocycles. The highest BCUT2D eigenvalue weighted by atomic mass is 16.2. The molecule has 1 aromatic heterocycles. The van der Waals surface area contributed by atoms with Crippen LogP contribution >= 0.6 is 0 Å². The molecule has 178 valence electrons. The maximum absolute atomic E-state index is 12.9. The smallest absolute Gasteiger partial charge is 0.290 e. The van der Waals surface area contributed by atoms with Crippen LogP contribution in [0.25, 0.3) is 10.8 Å². The van der Waals surface area contributed by atoms with Crippen molar-refractivity contribution in [3.63, 3.8) is 0 Å². The van der Waals surface area contributed by atoms with Crippen LogP contribution in [-0.2, 0) is 16.0 Å². The Hall–Kier alpha value is -4.01. The fraction of sp³-hybridized carbons (Fsp3) is 0.320. The number of benzene rings is 2. The monoisotopic (exact) mass is 463 g/mol. The van der Waals surface area contributed by atoms with Crippen LogP contribution in [0.4, 0.5) is 0 Å². The molecular weight excluding hydrogens is 434 g/mol.